The molecule has 0 radical (unpaired) electrons. The molecule has 0 aliphatic heterocycles. The van der Waals surface area contributed by atoms with Gasteiger partial charge in [0.2, 0.25) is 5.91 Å². The molecule has 2 rings (SSSR count). The van der Waals surface area contributed by atoms with Gasteiger partial charge in [-0.1, -0.05) is 43.2 Å². The lowest BCUT2D eigenvalue weighted by atomic mass is 10.2. The maximum absolute atomic E-state index is 12.3. The second-order valence-electron chi connectivity index (χ2n) is 5.23. The molecule has 0 unspecified atom stereocenters. The van der Waals surface area contributed by atoms with Gasteiger partial charge in [0.25, 0.3) is 0 Å². The first-order valence-electron chi connectivity index (χ1n) is 7.33. The number of benzene rings is 1. The van der Waals surface area contributed by atoms with Crippen molar-refractivity contribution in [1.29, 1.82) is 0 Å². The van der Waals surface area contributed by atoms with E-state index in [0.717, 1.165) is 18.6 Å². The third-order valence-electron chi connectivity index (χ3n) is 3.76. The quantitative estimate of drug-likeness (QED) is 0.840. The molecule has 1 aromatic carbocycles. The Morgan fingerprint density at radius 2 is 1.95 bits per heavy atom. The fourth-order valence-corrected chi connectivity index (χ4v) is 3.62. The van der Waals surface area contributed by atoms with Crippen molar-refractivity contribution in [3.05, 3.63) is 35.9 Å². The highest BCUT2D eigenvalue weighted by molar-refractivity contribution is 7.99. The Hall–Kier alpha value is -1.00. The van der Waals surface area contributed by atoms with Crippen LogP contribution in [0.25, 0.3) is 0 Å². The van der Waals surface area contributed by atoms with E-state index in [2.05, 4.69) is 12.1 Å². The number of rotatable bonds is 7. The van der Waals surface area contributed by atoms with E-state index in [-0.39, 0.29) is 12.5 Å². The van der Waals surface area contributed by atoms with Crippen molar-refractivity contribution < 1.29 is 9.90 Å². The zero-order valence-corrected chi connectivity index (χ0v) is 12.6. The summed E-state index contributed by atoms with van der Waals surface area (Å²) in [7, 11) is 0. The van der Waals surface area contributed by atoms with Crippen LogP contribution in [0.5, 0.6) is 0 Å². The van der Waals surface area contributed by atoms with Crippen LogP contribution < -0.4 is 0 Å². The number of hydrogen-bond acceptors (Lipinski definition) is 3. The van der Waals surface area contributed by atoms with Gasteiger partial charge < -0.3 is 10.0 Å². The molecular formula is C16H23NO2S. The zero-order chi connectivity index (χ0) is 14.2. The highest BCUT2D eigenvalue weighted by Crippen LogP contribution is 2.24. The summed E-state index contributed by atoms with van der Waals surface area (Å²) >= 11 is 1.65. The molecule has 1 N–H and O–H groups in total. The van der Waals surface area contributed by atoms with Gasteiger partial charge in [0.1, 0.15) is 0 Å². The van der Waals surface area contributed by atoms with E-state index in [4.69, 9.17) is 5.11 Å². The normalized spacial score (nSPS) is 15.4. The van der Waals surface area contributed by atoms with Crippen LogP contribution in [0.2, 0.25) is 0 Å². The monoisotopic (exact) mass is 293 g/mol. The smallest absolute Gasteiger partial charge is 0.232 e. The fourth-order valence-electron chi connectivity index (χ4n) is 2.75. The first-order valence-corrected chi connectivity index (χ1v) is 8.48. The van der Waals surface area contributed by atoms with E-state index in [1.807, 2.05) is 23.1 Å². The van der Waals surface area contributed by atoms with Crippen molar-refractivity contribution in [3.8, 4) is 0 Å². The van der Waals surface area contributed by atoms with Crippen molar-refractivity contribution in [2.24, 2.45) is 0 Å². The topological polar surface area (TPSA) is 40.5 Å². The second-order valence-corrected chi connectivity index (χ2v) is 6.21. The third kappa shape index (κ3) is 4.53. The van der Waals surface area contributed by atoms with Crippen molar-refractivity contribution in [1.82, 2.24) is 4.90 Å². The summed E-state index contributed by atoms with van der Waals surface area (Å²) in [5.74, 6) is 1.54. The van der Waals surface area contributed by atoms with Gasteiger partial charge in [0, 0.05) is 18.3 Å². The van der Waals surface area contributed by atoms with Crippen molar-refractivity contribution >= 4 is 17.7 Å². The lowest BCUT2D eigenvalue weighted by Gasteiger charge is -2.28. The summed E-state index contributed by atoms with van der Waals surface area (Å²) in [5.41, 5.74) is 1.25. The first-order chi connectivity index (χ1) is 9.81. The SMILES string of the molecule is O=C(CSCc1ccccc1)N(CCO)C1CCCC1. The molecule has 1 aromatic rings. The Kier molecular flexibility index (Phi) is 6.40. The Balaban J connectivity index is 1.79. The zero-order valence-electron chi connectivity index (χ0n) is 11.8. The van der Waals surface area contributed by atoms with Crippen LogP contribution in [0.3, 0.4) is 0 Å². The molecule has 1 amide bonds. The standard InChI is InChI=1S/C16H23NO2S/c18-11-10-17(15-8-4-5-9-15)16(19)13-20-12-14-6-2-1-3-7-14/h1-3,6-7,15,18H,4-5,8-13H2. The molecule has 1 aliphatic carbocycles. The summed E-state index contributed by atoms with van der Waals surface area (Å²) in [6.45, 7) is 0.543. The number of nitrogens with zero attached hydrogens (tertiary/aromatic N) is 1. The summed E-state index contributed by atoms with van der Waals surface area (Å²) in [6.07, 6.45) is 4.60. The van der Waals surface area contributed by atoms with E-state index in [9.17, 15) is 4.79 Å². The predicted molar refractivity (Wildman–Crippen MR) is 83.7 cm³/mol. The Labute approximate surface area is 125 Å². The van der Waals surface area contributed by atoms with Crippen molar-refractivity contribution in [2.75, 3.05) is 18.9 Å². The number of amides is 1. The van der Waals surface area contributed by atoms with Crippen LogP contribution in [0.1, 0.15) is 31.2 Å². The minimum atomic E-state index is 0.0611. The average Bonchev–Trinajstić information content (AvgIpc) is 2.99. The van der Waals surface area contributed by atoms with Crippen LogP contribution in [0.4, 0.5) is 0 Å². The molecule has 110 valence electrons. The number of hydrogen-bond donors (Lipinski definition) is 1. The van der Waals surface area contributed by atoms with Gasteiger partial charge in [0.15, 0.2) is 0 Å². The van der Waals surface area contributed by atoms with E-state index >= 15 is 0 Å². The van der Waals surface area contributed by atoms with Crippen molar-refractivity contribution in [2.45, 2.75) is 37.5 Å². The van der Waals surface area contributed by atoms with E-state index < -0.39 is 0 Å². The number of carbonyl (C=O) groups excluding carboxylic acids is 1. The van der Waals surface area contributed by atoms with Crippen LogP contribution in [-0.2, 0) is 10.5 Å². The summed E-state index contributed by atoms with van der Waals surface area (Å²) in [5, 5.41) is 9.15. The van der Waals surface area contributed by atoms with Crippen LogP contribution in [-0.4, -0.2) is 40.9 Å². The molecule has 0 heterocycles. The minimum absolute atomic E-state index is 0.0611. The predicted octanol–water partition coefficient (Wildman–Crippen LogP) is 2.68. The van der Waals surface area contributed by atoms with Gasteiger partial charge >= 0.3 is 0 Å². The second kappa shape index (κ2) is 8.32. The largest absolute Gasteiger partial charge is 0.395 e. The van der Waals surface area contributed by atoms with Gasteiger partial charge in [-0.15, -0.1) is 11.8 Å². The molecule has 1 saturated carbocycles. The maximum atomic E-state index is 12.3. The Morgan fingerprint density at radius 3 is 2.60 bits per heavy atom. The minimum Gasteiger partial charge on any atom is -0.395 e. The molecule has 0 bridgehead atoms. The van der Waals surface area contributed by atoms with Gasteiger partial charge in [-0.2, -0.15) is 0 Å². The highest BCUT2D eigenvalue weighted by atomic mass is 32.2. The van der Waals surface area contributed by atoms with E-state index in [1.54, 1.807) is 11.8 Å². The van der Waals surface area contributed by atoms with Gasteiger partial charge in [-0.3, -0.25) is 4.79 Å². The Morgan fingerprint density at radius 1 is 1.25 bits per heavy atom. The van der Waals surface area contributed by atoms with Crippen LogP contribution >= 0.6 is 11.8 Å². The molecule has 3 nitrogen and oxygen atoms in total. The van der Waals surface area contributed by atoms with Crippen molar-refractivity contribution in [3.63, 3.8) is 0 Å². The number of thioether (sulfide) groups is 1. The summed E-state index contributed by atoms with van der Waals surface area (Å²) < 4.78 is 0. The van der Waals surface area contributed by atoms with Crippen LogP contribution in [0.15, 0.2) is 30.3 Å². The van der Waals surface area contributed by atoms with Gasteiger partial charge in [0.05, 0.1) is 12.4 Å². The highest BCUT2D eigenvalue weighted by Gasteiger charge is 2.25. The van der Waals surface area contributed by atoms with Gasteiger partial charge in [-0.05, 0) is 18.4 Å². The van der Waals surface area contributed by atoms with Crippen LogP contribution in [0, 0.1) is 0 Å². The lowest BCUT2D eigenvalue weighted by molar-refractivity contribution is -0.131. The first kappa shape index (κ1) is 15.4. The molecule has 1 fully saturated rings. The van der Waals surface area contributed by atoms with Gasteiger partial charge in [-0.25, -0.2) is 0 Å². The third-order valence-corrected chi connectivity index (χ3v) is 4.75. The number of aliphatic hydroxyl groups excluding tert-OH is 1. The summed E-state index contributed by atoms with van der Waals surface area (Å²) in [4.78, 5) is 14.2. The number of carbonyl (C=O) groups is 1. The summed E-state index contributed by atoms with van der Waals surface area (Å²) in [6, 6.07) is 10.6. The molecule has 4 heteroatoms. The molecule has 0 saturated heterocycles. The molecular weight excluding hydrogens is 270 g/mol. The maximum Gasteiger partial charge on any atom is 0.232 e. The molecule has 0 aromatic heterocycles. The molecule has 0 atom stereocenters. The van der Waals surface area contributed by atoms with E-state index in [0.29, 0.717) is 18.3 Å². The molecule has 0 spiro atoms. The molecule has 1 aliphatic rings. The lowest BCUT2D eigenvalue weighted by Crippen LogP contribution is -2.41. The Bertz CT molecular complexity index is 404. The average molecular weight is 293 g/mol. The molecule has 20 heavy (non-hydrogen) atoms. The fraction of sp³-hybridized carbons (Fsp3) is 0.562. The number of aliphatic hydroxyl groups is 1. The van der Waals surface area contributed by atoms with E-state index in [1.165, 1.54) is 18.4 Å².